The molecule has 1 atom stereocenters. The van der Waals surface area contributed by atoms with E-state index >= 15 is 0 Å². The summed E-state index contributed by atoms with van der Waals surface area (Å²) < 4.78 is 6.00. The number of ketones is 1. The van der Waals surface area contributed by atoms with Gasteiger partial charge in [0, 0.05) is 31.0 Å². The Kier molecular flexibility index (Phi) is 4.43. The van der Waals surface area contributed by atoms with Gasteiger partial charge in [-0.05, 0) is 73.5 Å². The summed E-state index contributed by atoms with van der Waals surface area (Å²) in [7, 11) is 0. The van der Waals surface area contributed by atoms with Crippen LogP contribution in [-0.4, -0.2) is 35.7 Å². The van der Waals surface area contributed by atoms with Gasteiger partial charge in [0.1, 0.15) is 5.76 Å². The van der Waals surface area contributed by atoms with Crippen molar-refractivity contribution in [1.29, 1.82) is 0 Å². The van der Waals surface area contributed by atoms with E-state index in [0.717, 1.165) is 50.8 Å². The van der Waals surface area contributed by atoms with Crippen LogP contribution in [0.2, 0.25) is 0 Å². The number of amides is 1. The third-order valence-electron chi connectivity index (χ3n) is 6.82. The molecule has 0 bridgehead atoms. The fraction of sp³-hybridized carbons (Fsp3) is 0.545. The van der Waals surface area contributed by atoms with Gasteiger partial charge >= 0.3 is 0 Å². The van der Waals surface area contributed by atoms with Crippen molar-refractivity contribution < 1.29 is 14.0 Å². The summed E-state index contributed by atoms with van der Waals surface area (Å²) in [5.41, 5.74) is 2.82. The van der Waals surface area contributed by atoms with Gasteiger partial charge in [0.15, 0.2) is 11.5 Å². The number of rotatable bonds is 4. The van der Waals surface area contributed by atoms with E-state index in [1.165, 1.54) is 5.56 Å². The number of hydrogen-bond donors (Lipinski definition) is 1. The molecule has 0 aromatic carbocycles. The molecule has 5 rings (SSSR count). The van der Waals surface area contributed by atoms with Crippen molar-refractivity contribution >= 4 is 23.0 Å². The normalized spacial score (nSPS) is 22.9. The van der Waals surface area contributed by atoms with Crippen LogP contribution < -0.4 is 5.32 Å². The van der Waals surface area contributed by atoms with Gasteiger partial charge in [0.25, 0.3) is 5.91 Å². The summed E-state index contributed by atoms with van der Waals surface area (Å²) in [6.07, 6.45) is 5.43. The van der Waals surface area contributed by atoms with Crippen LogP contribution in [0.4, 0.5) is 0 Å². The Morgan fingerprint density at radius 3 is 2.89 bits per heavy atom. The second kappa shape index (κ2) is 6.85. The maximum absolute atomic E-state index is 13.6. The molecule has 148 valence electrons. The van der Waals surface area contributed by atoms with Crippen LogP contribution in [0.3, 0.4) is 0 Å². The van der Waals surface area contributed by atoms with E-state index in [1.807, 2.05) is 11.8 Å². The van der Waals surface area contributed by atoms with Crippen LogP contribution in [0.15, 0.2) is 21.2 Å². The van der Waals surface area contributed by atoms with E-state index in [9.17, 15) is 9.59 Å². The molecule has 1 spiro atoms. The van der Waals surface area contributed by atoms with Gasteiger partial charge in [-0.2, -0.15) is 11.3 Å². The van der Waals surface area contributed by atoms with Gasteiger partial charge in [-0.15, -0.1) is 0 Å². The van der Waals surface area contributed by atoms with Crippen molar-refractivity contribution in [1.82, 2.24) is 10.2 Å². The number of carbonyl (C=O) groups excluding carboxylic acids is 2. The molecule has 1 saturated carbocycles. The minimum absolute atomic E-state index is 0.0497. The smallest absolute Gasteiger partial charge is 0.290 e. The first-order chi connectivity index (χ1) is 13.6. The van der Waals surface area contributed by atoms with Crippen molar-refractivity contribution in [3.8, 4) is 0 Å². The van der Waals surface area contributed by atoms with Gasteiger partial charge in [0.05, 0.1) is 5.56 Å². The van der Waals surface area contributed by atoms with Gasteiger partial charge < -0.3 is 14.6 Å². The molecule has 2 fully saturated rings. The molecule has 28 heavy (non-hydrogen) atoms. The Balaban J connectivity index is 1.47. The van der Waals surface area contributed by atoms with E-state index in [-0.39, 0.29) is 23.1 Å². The third kappa shape index (κ3) is 2.94. The Morgan fingerprint density at radius 2 is 2.18 bits per heavy atom. The lowest BCUT2D eigenvalue weighted by atomic mass is 9.93. The van der Waals surface area contributed by atoms with Crippen LogP contribution in [0, 0.1) is 12.3 Å². The van der Waals surface area contributed by atoms with E-state index in [1.54, 1.807) is 11.3 Å². The van der Waals surface area contributed by atoms with Crippen molar-refractivity contribution in [3.63, 3.8) is 0 Å². The molecular weight excluding hydrogens is 372 g/mol. The lowest BCUT2D eigenvalue weighted by Gasteiger charge is -2.29. The standard InChI is InChI=1S/C22H26N2O3S/c1-14-19-16(25)3-2-4-17(19)27-20(14)21(26)24(12-15-5-10-28-13-15)18-11-22(18)6-8-23-9-7-22/h5,10,13,18,23H,2-4,6-9,11-12H2,1H3. The molecule has 1 unspecified atom stereocenters. The molecule has 2 aromatic heterocycles. The van der Waals surface area contributed by atoms with Crippen molar-refractivity contribution in [2.75, 3.05) is 13.1 Å². The fourth-order valence-corrected chi connectivity index (χ4v) is 5.77. The first kappa shape index (κ1) is 18.1. The minimum Gasteiger partial charge on any atom is -0.455 e. The number of nitrogens with one attached hydrogen (secondary N) is 1. The monoisotopic (exact) mass is 398 g/mol. The van der Waals surface area contributed by atoms with Crippen molar-refractivity contribution in [2.45, 2.75) is 58.0 Å². The number of piperidine rings is 1. The van der Waals surface area contributed by atoms with Gasteiger partial charge in [-0.3, -0.25) is 9.59 Å². The first-order valence-corrected chi connectivity index (χ1v) is 11.2. The SMILES string of the molecule is Cc1c(C(=O)N(Cc2ccsc2)C2CC23CCNCC3)oc2c1C(=O)CCC2. The fourth-order valence-electron chi connectivity index (χ4n) is 5.11. The average Bonchev–Trinajstić information content (AvgIpc) is 3.05. The molecule has 1 N–H and O–H groups in total. The number of thiophene rings is 1. The largest absolute Gasteiger partial charge is 0.455 e. The Labute approximate surface area is 169 Å². The highest BCUT2D eigenvalue weighted by Gasteiger charge is 2.58. The first-order valence-electron chi connectivity index (χ1n) is 10.3. The highest BCUT2D eigenvalue weighted by molar-refractivity contribution is 7.07. The maximum atomic E-state index is 13.6. The molecule has 1 amide bonds. The topological polar surface area (TPSA) is 62.6 Å². The lowest BCUT2D eigenvalue weighted by molar-refractivity contribution is 0.0656. The zero-order valence-electron chi connectivity index (χ0n) is 16.3. The third-order valence-corrected chi connectivity index (χ3v) is 7.55. The van der Waals surface area contributed by atoms with Crippen LogP contribution in [0.1, 0.15) is 69.9 Å². The van der Waals surface area contributed by atoms with Crippen LogP contribution in [0.5, 0.6) is 0 Å². The lowest BCUT2D eigenvalue weighted by Crippen LogP contribution is -2.39. The second-order valence-corrected chi connectivity index (χ2v) is 9.31. The highest BCUT2D eigenvalue weighted by Crippen LogP contribution is 2.56. The summed E-state index contributed by atoms with van der Waals surface area (Å²) >= 11 is 1.66. The number of furan rings is 1. The second-order valence-electron chi connectivity index (χ2n) is 8.53. The maximum Gasteiger partial charge on any atom is 0.290 e. The summed E-state index contributed by atoms with van der Waals surface area (Å²) in [4.78, 5) is 28.0. The number of fused-ring (bicyclic) bond motifs is 1. The number of hydrogen-bond acceptors (Lipinski definition) is 5. The number of nitrogens with zero attached hydrogens (tertiary/aromatic N) is 1. The van der Waals surface area contributed by atoms with Gasteiger partial charge in [0.2, 0.25) is 0 Å². The zero-order valence-corrected chi connectivity index (χ0v) is 17.1. The predicted octanol–water partition coefficient (Wildman–Crippen LogP) is 3.95. The summed E-state index contributed by atoms with van der Waals surface area (Å²) in [6, 6.07) is 2.35. The average molecular weight is 399 g/mol. The van der Waals surface area contributed by atoms with Crippen molar-refractivity contribution in [3.05, 3.63) is 45.0 Å². The van der Waals surface area contributed by atoms with E-state index in [0.29, 0.717) is 30.0 Å². The quantitative estimate of drug-likeness (QED) is 0.847. The van der Waals surface area contributed by atoms with E-state index in [4.69, 9.17) is 4.42 Å². The van der Waals surface area contributed by atoms with Crippen molar-refractivity contribution in [2.24, 2.45) is 5.41 Å². The molecule has 3 aliphatic rings. The molecule has 1 saturated heterocycles. The Morgan fingerprint density at radius 1 is 1.36 bits per heavy atom. The molecular formula is C22H26N2O3S. The zero-order chi connectivity index (χ0) is 19.3. The highest BCUT2D eigenvalue weighted by atomic mass is 32.1. The minimum atomic E-state index is -0.0497. The predicted molar refractivity (Wildman–Crippen MR) is 108 cm³/mol. The van der Waals surface area contributed by atoms with Crippen LogP contribution >= 0.6 is 11.3 Å². The molecule has 2 aromatic rings. The molecule has 0 radical (unpaired) electrons. The molecule has 2 aliphatic carbocycles. The Bertz CT molecular complexity index is 909. The summed E-state index contributed by atoms with van der Waals surface area (Å²) in [6.45, 7) is 4.54. The van der Waals surface area contributed by atoms with Crippen LogP contribution in [0.25, 0.3) is 0 Å². The number of aryl methyl sites for hydroxylation is 1. The number of Topliss-reactive ketones (excluding diaryl/α,β-unsaturated/α-hetero) is 1. The molecule has 5 nitrogen and oxygen atoms in total. The Hall–Kier alpha value is -1.92. The number of carbonyl (C=O) groups is 2. The molecule has 1 aliphatic heterocycles. The van der Waals surface area contributed by atoms with E-state index in [2.05, 4.69) is 22.1 Å². The van der Waals surface area contributed by atoms with Gasteiger partial charge in [-0.1, -0.05) is 0 Å². The molecule has 6 heteroatoms. The summed E-state index contributed by atoms with van der Waals surface area (Å²) in [5.74, 6) is 1.16. The summed E-state index contributed by atoms with van der Waals surface area (Å²) in [5, 5.41) is 7.60. The van der Waals surface area contributed by atoms with Gasteiger partial charge in [-0.25, -0.2) is 0 Å². The van der Waals surface area contributed by atoms with E-state index < -0.39 is 0 Å². The van der Waals surface area contributed by atoms with Crippen LogP contribution in [-0.2, 0) is 13.0 Å². The molecule has 3 heterocycles.